The van der Waals surface area contributed by atoms with Gasteiger partial charge in [0.2, 0.25) is 11.8 Å². The Bertz CT molecular complexity index is 841. The molecule has 1 atom stereocenters. The minimum absolute atomic E-state index is 0.0889. The Kier molecular flexibility index (Phi) is 7.06. The number of ether oxygens (including phenoxy) is 1. The Morgan fingerprint density at radius 1 is 1.23 bits per heavy atom. The smallest absolute Gasteiger partial charge is 0.229 e. The van der Waals surface area contributed by atoms with Crippen molar-refractivity contribution in [3.8, 4) is 0 Å². The van der Waals surface area contributed by atoms with E-state index in [0.29, 0.717) is 12.3 Å². The van der Waals surface area contributed by atoms with Gasteiger partial charge >= 0.3 is 0 Å². The number of piperidine rings is 1. The van der Waals surface area contributed by atoms with Crippen molar-refractivity contribution in [1.82, 2.24) is 15.0 Å². The van der Waals surface area contributed by atoms with Crippen molar-refractivity contribution in [3.05, 3.63) is 47.6 Å². The minimum atomic E-state index is -0.0889. The van der Waals surface area contributed by atoms with Gasteiger partial charge in [0.25, 0.3) is 0 Å². The number of benzene rings is 1. The van der Waals surface area contributed by atoms with Gasteiger partial charge in [-0.05, 0) is 50.0 Å². The van der Waals surface area contributed by atoms with Crippen LogP contribution in [0.4, 0.5) is 0 Å². The largest absolute Gasteiger partial charge is 0.375 e. The summed E-state index contributed by atoms with van der Waals surface area (Å²) in [6, 6.07) is 10.4. The van der Waals surface area contributed by atoms with Crippen molar-refractivity contribution in [2.24, 2.45) is 5.92 Å². The first kappa shape index (κ1) is 22.0. The molecule has 0 aliphatic carbocycles. The second-order valence-electron chi connectivity index (χ2n) is 9.52. The SMILES string of the molecule is CC(C)c1nc(CC2CCOC3(CCN(C(=O)CCCc4ccccc4)CC3)C2)no1. The summed E-state index contributed by atoms with van der Waals surface area (Å²) in [6.45, 7) is 6.52. The molecule has 0 saturated carbocycles. The van der Waals surface area contributed by atoms with E-state index < -0.39 is 0 Å². The summed E-state index contributed by atoms with van der Waals surface area (Å²) in [7, 11) is 0. The third kappa shape index (κ3) is 5.73. The lowest BCUT2D eigenvalue weighted by Gasteiger charge is -2.46. The van der Waals surface area contributed by atoms with E-state index in [1.807, 2.05) is 11.0 Å². The molecule has 0 bridgehead atoms. The first-order valence-corrected chi connectivity index (χ1v) is 11.8. The van der Waals surface area contributed by atoms with E-state index in [-0.39, 0.29) is 17.4 Å². The standard InChI is InChI=1S/C25H35N3O3/c1-19(2)24-26-22(27-31-24)17-21-11-16-30-25(18-21)12-14-28(15-13-25)23(29)10-6-9-20-7-4-3-5-8-20/h3-5,7-8,19,21H,6,9-18H2,1-2H3. The Labute approximate surface area is 185 Å². The van der Waals surface area contributed by atoms with Gasteiger partial charge in [0, 0.05) is 38.5 Å². The van der Waals surface area contributed by atoms with Crippen LogP contribution in [-0.2, 0) is 22.4 Å². The molecule has 0 N–H and O–H groups in total. The quantitative estimate of drug-likeness (QED) is 0.651. The molecule has 2 fully saturated rings. The molecule has 2 aromatic rings. The van der Waals surface area contributed by atoms with Crippen LogP contribution in [0.5, 0.6) is 0 Å². The number of rotatable bonds is 7. The van der Waals surface area contributed by atoms with E-state index in [4.69, 9.17) is 9.26 Å². The molecule has 1 amide bonds. The zero-order valence-electron chi connectivity index (χ0n) is 18.9. The molecule has 31 heavy (non-hydrogen) atoms. The summed E-state index contributed by atoms with van der Waals surface area (Å²) >= 11 is 0. The number of carbonyl (C=O) groups is 1. The van der Waals surface area contributed by atoms with Crippen molar-refractivity contribution in [1.29, 1.82) is 0 Å². The molecule has 0 radical (unpaired) electrons. The van der Waals surface area contributed by atoms with E-state index in [1.54, 1.807) is 0 Å². The van der Waals surface area contributed by atoms with Gasteiger partial charge < -0.3 is 14.2 Å². The van der Waals surface area contributed by atoms with Crippen LogP contribution in [-0.4, -0.2) is 46.2 Å². The average Bonchev–Trinajstić information content (AvgIpc) is 3.24. The molecule has 2 aliphatic heterocycles. The number of amides is 1. The maximum absolute atomic E-state index is 12.7. The lowest BCUT2D eigenvalue weighted by Crippen LogP contribution is -2.51. The second kappa shape index (κ2) is 9.94. The molecule has 6 heteroatoms. The highest BCUT2D eigenvalue weighted by Gasteiger charge is 2.41. The molecule has 168 valence electrons. The van der Waals surface area contributed by atoms with Crippen LogP contribution in [0.15, 0.2) is 34.9 Å². The molecule has 2 saturated heterocycles. The fourth-order valence-electron chi connectivity index (χ4n) is 4.91. The monoisotopic (exact) mass is 425 g/mol. The molecular weight excluding hydrogens is 390 g/mol. The van der Waals surface area contributed by atoms with Crippen LogP contribution < -0.4 is 0 Å². The van der Waals surface area contributed by atoms with Crippen LogP contribution >= 0.6 is 0 Å². The molecule has 4 rings (SSSR count). The van der Waals surface area contributed by atoms with Crippen molar-refractivity contribution in [2.45, 2.75) is 76.7 Å². The number of hydrogen-bond acceptors (Lipinski definition) is 5. The highest BCUT2D eigenvalue weighted by atomic mass is 16.5. The van der Waals surface area contributed by atoms with Crippen molar-refractivity contribution in [3.63, 3.8) is 0 Å². The van der Waals surface area contributed by atoms with Gasteiger partial charge in [-0.25, -0.2) is 0 Å². The van der Waals surface area contributed by atoms with E-state index in [0.717, 1.165) is 76.4 Å². The minimum Gasteiger partial charge on any atom is -0.375 e. The fourth-order valence-corrected chi connectivity index (χ4v) is 4.91. The van der Waals surface area contributed by atoms with E-state index >= 15 is 0 Å². The predicted molar refractivity (Wildman–Crippen MR) is 119 cm³/mol. The Morgan fingerprint density at radius 3 is 2.71 bits per heavy atom. The van der Waals surface area contributed by atoms with Crippen molar-refractivity contribution >= 4 is 5.91 Å². The third-order valence-electron chi connectivity index (χ3n) is 6.77. The lowest BCUT2D eigenvalue weighted by molar-refractivity contribution is -0.147. The van der Waals surface area contributed by atoms with Crippen molar-refractivity contribution in [2.75, 3.05) is 19.7 Å². The van der Waals surface area contributed by atoms with E-state index in [1.165, 1.54) is 5.56 Å². The van der Waals surface area contributed by atoms with Gasteiger partial charge in [-0.2, -0.15) is 4.98 Å². The molecule has 1 spiro atoms. The highest BCUT2D eigenvalue weighted by Crippen LogP contribution is 2.38. The van der Waals surface area contributed by atoms with Crippen LogP contribution in [0.25, 0.3) is 0 Å². The number of nitrogens with zero attached hydrogens (tertiary/aromatic N) is 3. The normalized spacial score (nSPS) is 21.0. The molecular formula is C25H35N3O3. The zero-order chi connectivity index (χ0) is 21.7. The van der Waals surface area contributed by atoms with Gasteiger partial charge in [-0.15, -0.1) is 0 Å². The fraction of sp³-hybridized carbons (Fsp3) is 0.640. The summed E-state index contributed by atoms with van der Waals surface area (Å²) < 4.78 is 11.7. The Hall–Kier alpha value is -2.21. The van der Waals surface area contributed by atoms with Crippen LogP contribution in [0.1, 0.15) is 75.6 Å². The number of carbonyl (C=O) groups excluding carboxylic acids is 1. The number of aryl methyl sites for hydroxylation is 1. The molecule has 1 aromatic heterocycles. The van der Waals surface area contributed by atoms with Crippen LogP contribution in [0.3, 0.4) is 0 Å². The van der Waals surface area contributed by atoms with Gasteiger partial charge in [-0.1, -0.05) is 49.3 Å². The summed E-state index contributed by atoms with van der Waals surface area (Å²) in [4.78, 5) is 19.3. The number of likely N-dealkylation sites (tertiary alicyclic amines) is 1. The Balaban J connectivity index is 1.23. The molecule has 6 nitrogen and oxygen atoms in total. The van der Waals surface area contributed by atoms with Gasteiger partial charge in [0.05, 0.1) is 5.60 Å². The van der Waals surface area contributed by atoms with E-state index in [9.17, 15) is 4.79 Å². The number of aromatic nitrogens is 2. The zero-order valence-corrected chi connectivity index (χ0v) is 18.9. The Morgan fingerprint density at radius 2 is 2.00 bits per heavy atom. The molecule has 3 heterocycles. The maximum atomic E-state index is 12.7. The first-order valence-electron chi connectivity index (χ1n) is 11.8. The molecule has 1 aromatic carbocycles. The summed E-state index contributed by atoms with van der Waals surface area (Å²) in [5.74, 6) is 2.59. The highest BCUT2D eigenvalue weighted by molar-refractivity contribution is 5.76. The maximum Gasteiger partial charge on any atom is 0.229 e. The van der Waals surface area contributed by atoms with E-state index in [2.05, 4.69) is 48.3 Å². The predicted octanol–water partition coefficient (Wildman–Crippen LogP) is 4.55. The second-order valence-corrected chi connectivity index (χ2v) is 9.52. The molecule has 1 unspecified atom stereocenters. The van der Waals surface area contributed by atoms with Gasteiger partial charge in [0.1, 0.15) is 0 Å². The number of hydrogen-bond donors (Lipinski definition) is 0. The summed E-state index contributed by atoms with van der Waals surface area (Å²) in [5, 5.41) is 4.17. The summed E-state index contributed by atoms with van der Waals surface area (Å²) in [6.07, 6.45) is 7.26. The molecule has 2 aliphatic rings. The van der Waals surface area contributed by atoms with Crippen LogP contribution in [0, 0.1) is 5.92 Å². The topological polar surface area (TPSA) is 68.5 Å². The lowest BCUT2D eigenvalue weighted by atomic mass is 9.78. The van der Waals surface area contributed by atoms with Gasteiger partial charge in [0.15, 0.2) is 5.82 Å². The third-order valence-corrected chi connectivity index (χ3v) is 6.77. The summed E-state index contributed by atoms with van der Waals surface area (Å²) in [5.41, 5.74) is 1.21. The average molecular weight is 426 g/mol. The first-order chi connectivity index (χ1) is 15.0. The van der Waals surface area contributed by atoms with Gasteiger partial charge in [-0.3, -0.25) is 4.79 Å². The van der Waals surface area contributed by atoms with Crippen LogP contribution in [0.2, 0.25) is 0 Å². The van der Waals surface area contributed by atoms with Crippen molar-refractivity contribution < 1.29 is 14.1 Å².